The zero-order chi connectivity index (χ0) is 21.7. The van der Waals surface area contributed by atoms with Crippen LogP contribution in [0.25, 0.3) is 0 Å². The molecule has 0 bridgehead atoms. The van der Waals surface area contributed by atoms with E-state index in [2.05, 4.69) is 15.5 Å². The molecule has 2 heterocycles. The van der Waals surface area contributed by atoms with Crippen molar-refractivity contribution in [3.05, 3.63) is 42.4 Å². The third kappa shape index (κ3) is 7.80. The number of furan rings is 1. The fourth-order valence-electron chi connectivity index (χ4n) is 3.37. The topological polar surface area (TPSA) is 80.5 Å². The molecule has 31 heavy (non-hydrogen) atoms. The summed E-state index contributed by atoms with van der Waals surface area (Å²) in [6.07, 6.45) is 3.48. The molecule has 1 aliphatic rings. The Balaban J connectivity index is 1.58. The fraction of sp³-hybridized carbons (Fsp3) is 0.522. The molecule has 0 atom stereocenters. The van der Waals surface area contributed by atoms with Gasteiger partial charge >= 0.3 is 0 Å². The predicted molar refractivity (Wildman–Crippen MR) is 122 cm³/mol. The smallest absolute Gasteiger partial charge is 0.195 e. The van der Waals surface area contributed by atoms with Gasteiger partial charge < -0.3 is 29.3 Å². The standard InChI is InChI=1S/C23H34N4O4/c1-3-30-22-18-19(7-8-21(22)28-2)26-23(25-11-9-20-6-4-15-31-20)24-10-5-12-27-13-16-29-17-14-27/h4,6-8,15,18H,3,5,9-14,16-17H2,1-2H3,(H2,24,25,26). The van der Waals surface area contributed by atoms with Crippen LogP contribution in [0, 0.1) is 0 Å². The summed E-state index contributed by atoms with van der Waals surface area (Å²) in [5, 5.41) is 6.79. The minimum Gasteiger partial charge on any atom is -0.493 e. The first kappa shape index (κ1) is 23.0. The minimum absolute atomic E-state index is 0.573. The highest BCUT2D eigenvalue weighted by Gasteiger charge is 2.10. The summed E-state index contributed by atoms with van der Waals surface area (Å²) >= 11 is 0. The number of rotatable bonds is 11. The molecule has 1 aromatic carbocycles. The van der Waals surface area contributed by atoms with E-state index in [1.54, 1.807) is 13.4 Å². The number of morpholine rings is 1. The Kier molecular flexibility index (Phi) is 9.53. The lowest BCUT2D eigenvalue weighted by atomic mass is 10.2. The molecule has 1 fully saturated rings. The van der Waals surface area contributed by atoms with Crippen molar-refractivity contribution in [1.82, 2.24) is 10.2 Å². The molecular weight excluding hydrogens is 396 g/mol. The molecule has 8 heteroatoms. The zero-order valence-corrected chi connectivity index (χ0v) is 18.6. The Morgan fingerprint density at radius 2 is 2.06 bits per heavy atom. The Hall–Kier alpha value is -2.71. The molecule has 0 unspecified atom stereocenters. The van der Waals surface area contributed by atoms with Crippen molar-refractivity contribution in [2.24, 2.45) is 4.99 Å². The number of methoxy groups -OCH3 is 1. The van der Waals surface area contributed by atoms with Gasteiger partial charge in [-0.2, -0.15) is 0 Å². The summed E-state index contributed by atoms with van der Waals surface area (Å²) in [4.78, 5) is 7.20. The lowest BCUT2D eigenvalue weighted by molar-refractivity contribution is 0.0377. The number of nitrogens with one attached hydrogen (secondary N) is 2. The van der Waals surface area contributed by atoms with Crippen LogP contribution in [0.4, 0.5) is 5.69 Å². The van der Waals surface area contributed by atoms with Crippen molar-refractivity contribution in [3.63, 3.8) is 0 Å². The van der Waals surface area contributed by atoms with Crippen LogP contribution < -0.4 is 20.1 Å². The summed E-state index contributed by atoms with van der Waals surface area (Å²) in [6.45, 7) is 8.67. The predicted octanol–water partition coefficient (Wildman–Crippen LogP) is 3.01. The molecule has 2 N–H and O–H groups in total. The quantitative estimate of drug-likeness (QED) is 0.322. The van der Waals surface area contributed by atoms with Gasteiger partial charge in [0, 0.05) is 50.9 Å². The van der Waals surface area contributed by atoms with Crippen molar-refractivity contribution in [1.29, 1.82) is 0 Å². The van der Waals surface area contributed by atoms with Gasteiger partial charge in [0.25, 0.3) is 0 Å². The zero-order valence-electron chi connectivity index (χ0n) is 18.6. The van der Waals surface area contributed by atoms with E-state index in [0.29, 0.717) is 18.1 Å². The van der Waals surface area contributed by atoms with Crippen LogP contribution in [0.5, 0.6) is 11.5 Å². The molecule has 8 nitrogen and oxygen atoms in total. The lowest BCUT2D eigenvalue weighted by Crippen LogP contribution is -2.37. The summed E-state index contributed by atoms with van der Waals surface area (Å²) in [6, 6.07) is 9.66. The SMILES string of the molecule is CCOc1cc(NC(=NCCCN2CCOCC2)NCCc2ccco2)ccc1OC. The minimum atomic E-state index is 0.573. The molecule has 0 amide bonds. The number of ether oxygens (including phenoxy) is 3. The van der Waals surface area contributed by atoms with E-state index in [4.69, 9.17) is 23.6 Å². The van der Waals surface area contributed by atoms with Gasteiger partial charge in [0.15, 0.2) is 17.5 Å². The van der Waals surface area contributed by atoms with E-state index in [-0.39, 0.29) is 0 Å². The van der Waals surface area contributed by atoms with Gasteiger partial charge in [-0.15, -0.1) is 0 Å². The number of hydrogen-bond donors (Lipinski definition) is 2. The summed E-state index contributed by atoms with van der Waals surface area (Å²) < 4.78 is 21.9. The van der Waals surface area contributed by atoms with E-state index in [9.17, 15) is 0 Å². The maximum atomic E-state index is 5.69. The highest BCUT2D eigenvalue weighted by atomic mass is 16.5. The monoisotopic (exact) mass is 430 g/mol. The van der Waals surface area contributed by atoms with E-state index < -0.39 is 0 Å². The van der Waals surface area contributed by atoms with Crippen molar-refractivity contribution in [3.8, 4) is 11.5 Å². The van der Waals surface area contributed by atoms with Gasteiger partial charge in [-0.25, -0.2) is 0 Å². The number of anilines is 1. The molecule has 170 valence electrons. The van der Waals surface area contributed by atoms with E-state index in [1.807, 2.05) is 37.3 Å². The molecule has 0 radical (unpaired) electrons. The third-order valence-electron chi connectivity index (χ3n) is 4.98. The molecule has 3 rings (SSSR count). The number of benzene rings is 1. The maximum absolute atomic E-state index is 5.69. The second-order valence-corrected chi connectivity index (χ2v) is 7.22. The Labute approximate surface area is 184 Å². The van der Waals surface area contributed by atoms with Crippen LogP contribution in [0.1, 0.15) is 19.1 Å². The highest BCUT2D eigenvalue weighted by molar-refractivity contribution is 5.94. The van der Waals surface area contributed by atoms with Crippen molar-refractivity contribution in [2.75, 3.05) is 65.0 Å². The summed E-state index contributed by atoms with van der Waals surface area (Å²) in [7, 11) is 1.64. The summed E-state index contributed by atoms with van der Waals surface area (Å²) in [5.41, 5.74) is 0.890. The van der Waals surface area contributed by atoms with Gasteiger partial charge in [0.2, 0.25) is 0 Å². The van der Waals surface area contributed by atoms with Crippen molar-refractivity contribution in [2.45, 2.75) is 19.8 Å². The van der Waals surface area contributed by atoms with E-state index in [1.165, 1.54) is 0 Å². The van der Waals surface area contributed by atoms with Crippen LogP contribution in [-0.4, -0.2) is 70.5 Å². The number of hydrogen-bond acceptors (Lipinski definition) is 6. The van der Waals surface area contributed by atoms with Crippen molar-refractivity contribution >= 4 is 11.6 Å². The molecule has 0 saturated carbocycles. The van der Waals surface area contributed by atoms with Crippen LogP contribution in [0.3, 0.4) is 0 Å². The second-order valence-electron chi connectivity index (χ2n) is 7.22. The van der Waals surface area contributed by atoms with Gasteiger partial charge in [-0.05, 0) is 37.6 Å². The molecule has 1 aromatic heterocycles. The number of nitrogens with zero attached hydrogens (tertiary/aromatic N) is 2. The number of guanidine groups is 1. The molecule has 0 spiro atoms. The third-order valence-corrected chi connectivity index (χ3v) is 4.98. The van der Waals surface area contributed by atoms with Crippen LogP contribution in [0.2, 0.25) is 0 Å². The Morgan fingerprint density at radius 1 is 1.19 bits per heavy atom. The van der Waals surface area contributed by atoms with Crippen LogP contribution >= 0.6 is 0 Å². The van der Waals surface area contributed by atoms with Crippen molar-refractivity contribution < 1.29 is 18.6 Å². The first-order valence-corrected chi connectivity index (χ1v) is 11.0. The largest absolute Gasteiger partial charge is 0.493 e. The fourth-order valence-corrected chi connectivity index (χ4v) is 3.37. The van der Waals surface area contributed by atoms with Gasteiger partial charge in [0.05, 0.1) is 33.2 Å². The molecular formula is C23H34N4O4. The average molecular weight is 431 g/mol. The molecule has 2 aromatic rings. The van der Waals surface area contributed by atoms with Gasteiger partial charge in [-0.3, -0.25) is 9.89 Å². The Bertz CT molecular complexity index is 789. The second kappa shape index (κ2) is 12.9. The molecule has 1 aliphatic heterocycles. The first-order chi connectivity index (χ1) is 15.3. The summed E-state index contributed by atoms with van der Waals surface area (Å²) in [5.74, 6) is 3.10. The molecule has 1 saturated heterocycles. The van der Waals surface area contributed by atoms with Crippen LogP contribution in [0.15, 0.2) is 46.0 Å². The maximum Gasteiger partial charge on any atom is 0.195 e. The normalized spacial score (nSPS) is 15.0. The van der Waals surface area contributed by atoms with E-state index >= 15 is 0 Å². The lowest BCUT2D eigenvalue weighted by Gasteiger charge is -2.26. The van der Waals surface area contributed by atoms with E-state index in [0.717, 1.165) is 76.2 Å². The van der Waals surface area contributed by atoms with Crippen LogP contribution in [-0.2, 0) is 11.2 Å². The van der Waals surface area contributed by atoms with Gasteiger partial charge in [0.1, 0.15) is 5.76 Å². The molecule has 0 aliphatic carbocycles. The first-order valence-electron chi connectivity index (χ1n) is 11.0. The number of aliphatic imine (C=N–C) groups is 1. The Morgan fingerprint density at radius 3 is 2.81 bits per heavy atom. The van der Waals surface area contributed by atoms with Gasteiger partial charge in [-0.1, -0.05) is 0 Å². The average Bonchev–Trinajstić information content (AvgIpc) is 3.31. The highest BCUT2D eigenvalue weighted by Crippen LogP contribution is 2.30.